The van der Waals surface area contributed by atoms with Crippen LogP contribution in [0.5, 0.6) is 0 Å². The van der Waals surface area contributed by atoms with Crippen LogP contribution in [0.4, 0.5) is 0 Å². The van der Waals surface area contributed by atoms with Crippen LogP contribution in [0.3, 0.4) is 0 Å². The number of hydrogen-bond acceptors (Lipinski definition) is 3. The van der Waals surface area contributed by atoms with Crippen molar-refractivity contribution in [1.82, 2.24) is 4.31 Å². The zero-order valence-corrected chi connectivity index (χ0v) is 14.9. The molecule has 3 rings (SSSR count). The van der Waals surface area contributed by atoms with Gasteiger partial charge in [0.15, 0.2) is 0 Å². The van der Waals surface area contributed by atoms with E-state index in [-0.39, 0.29) is 4.90 Å². The summed E-state index contributed by atoms with van der Waals surface area (Å²) in [6.07, 6.45) is 1.20. The van der Waals surface area contributed by atoms with Crippen LogP contribution in [0.25, 0.3) is 0 Å². The van der Waals surface area contributed by atoms with Crippen LogP contribution in [-0.4, -0.2) is 30.3 Å². The van der Waals surface area contributed by atoms with Crippen molar-refractivity contribution < 1.29 is 18.3 Å². The molecule has 1 saturated carbocycles. The van der Waals surface area contributed by atoms with Crippen molar-refractivity contribution in [3.63, 3.8) is 0 Å². The Kier molecular flexibility index (Phi) is 4.67. The number of sulfonamides is 1. The van der Waals surface area contributed by atoms with Crippen LogP contribution >= 0.6 is 0 Å². The van der Waals surface area contributed by atoms with E-state index in [1.165, 1.54) is 16.4 Å². The van der Waals surface area contributed by atoms with E-state index in [0.717, 1.165) is 5.56 Å². The monoisotopic (exact) mass is 359 g/mol. The van der Waals surface area contributed by atoms with Crippen molar-refractivity contribution in [3.8, 4) is 0 Å². The molecular weight excluding hydrogens is 338 g/mol. The summed E-state index contributed by atoms with van der Waals surface area (Å²) >= 11 is 0. The first-order chi connectivity index (χ1) is 11.9. The second-order valence-corrected chi connectivity index (χ2v) is 8.27. The third-order valence-corrected chi connectivity index (χ3v) is 6.69. The molecule has 0 amide bonds. The minimum atomic E-state index is -3.63. The lowest BCUT2D eigenvalue weighted by Gasteiger charge is -2.21. The van der Waals surface area contributed by atoms with Gasteiger partial charge in [-0.1, -0.05) is 49.4 Å². The predicted molar refractivity (Wildman–Crippen MR) is 94.7 cm³/mol. The molecule has 2 aromatic carbocycles. The smallest absolute Gasteiger partial charge is 0.314 e. The highest BCUT2D eigenvalue weighted by Crippen LogP contribution is 2.48. The first-order valence-electron chi connectivity index (χ1n) is 8.28. The highest BCUT2D eigenvalue weighted by molar-refractivity contribution is 7.89. The van der Waals surface area contributed by atoms with Crippen LogP contribution in [0.1, 0.15) is 30.9 Å². The first kappa shape index (κ1) is 17.6. The Labute approximate surface area is 148 Å². The van der Waals surface area contributed by atoms with Gasteiger partial charge >= 0.3 is 5.97 Å². The Morgan fingerprint density at radius 2 is 1.68 bits per heavy atom. The van der Waals surface area contributed by atoms with Crippen molar-refractivity contribution in [2.24, 2.45) is 0 Å². The molecule has 25 heavy (non-hydrogen) atoms. The lowest BCUT2D eigenvalue weighted by atomic mass is 9.96. The van der Waals surface area contributed by atoms with E-state index in [1.807, 2.05) is 30.3 Å². The largest absolute Gasteiger partial charge is 0.481 e. The second-order valence-electron chi connectivity index (χ2n) is 6.33. The molecule has 0 saturated heterocycles. The van der Waals surface area contributed by atoms with Crippen molar-refractivity contribution in [1.29, 1.82) is 0 Å². The normalized spacial score (nSPS) is 15.9. The van der Waals surface area contributed by atoms with E-state index in [4.69, 9.17) is 0 Å². The Balaban J connectivity index is 1.85. The minimum absolute atomic E-state index is 0.190. The molecule has 5 nitrogen and oxygen atoms in total. The zero-order valence-electron chi connectivity index (χ0n) is 14.1. The third-order valence-electron chi connectivity index (χ3n) is 4.76. The number of aliphatic carboxylic acids is 1. The molecule has 0 aromatic heterocycles. The van der Waals surface area contributed by atoms with Crippen molar-refractivity contribution >= 4 is 16.0 Å². The highest BCUT2D eigenvalue weighted by atomic mass is 32.2. The van der Waals surface area contributed by atoms with Gasteiger partial charge in [-0.05, 0) is 36.1 Å². The number of carboxylic acids is 1. The topological polar surface area (TPSA) is 74.7 Å². The molecule has 0 bridgehead atoms. The third kappa shape index (κ3) is 3.32. The fourth-order valence-electron chi connectivity index (χ4n) is 3.00. The molecular formula is C19H21NO4S. The Bertz CT molecular complexity index is 856. The summed E-state index contributed by atoms with van der Waals surface area (Å²) in [6, 6.07) is 15.7. The zero-order chi connectivity index (χ0) is 18.1. The number of nitrogens with zero attached hydrogens (tertiary/aromatic N) is 1. The number of carboxylic acid groups (broad SMARTS) is 1. The first-order valence-corrected chi connectivity index (χ1v) is 9.72. The molecule has 1 fully saturated rings. The minimum Gasteiger partial charge on any atom is -0.481 e. The molecule has 6 heteroatoms. The SMILES string of the molecule is CCN(Cc1ccccc1)S(=O)(=O)c1ccc(C2(C(=O)O)CC2)cc1. The lowest BCUT2D eigenvalue weighted by Crippen LogP contribution is -2.30. The number of hydrogen-bond donors (Lipinski definition) is 1. The highest BCUT2D eigenvalue weighted by Gasteiger charge is 2.51. The number of benzene rings is 2. The van der Waals surface area contributed by atoms with Gasteiger partial charge in [0.1, 0.15) is 0 Å². The van der Waals surface area contributed by atoms with E-state index in [0.29, 0.717) is 31.5 Å². The molecule has 1 N–H and O–H groups in total. The summed E-state index contributed by atoms with van der Waals surface area (Å²) in [4.78, 5) is 11.6. The fraction of sp³-hybridized carbons (Fsp3) is 0.316. The molecule has 0 spiro atoms. The summed E-state index contributed by atoms with van der Waals surface area (Å²) in [5.74, 6) is -0.845. The molecule has 0 aliphatic heterocycles. The Morgan fingerprint density at radius 1 is 1.08 bits per heavy atom. The van der Waals surface area contributed by atoms with Crippen LogP contribution in [-0.2, 0) is 26.8 Å². The van der Waals surface area contributed by atoms with Gasteiger partial charge < -0.3 is 5.11 Å². The summed E-state index contributed by atoms with van der Waals surface area (Å²) in [5, 5.41) is 9.35. The van der Waals surface area contributed by atoms with E-state index in [1.54, 1.807) is 19.1 Å². The van der Waals surface area contributed by atoms with Crippen molar-refractivity contribution in [3.05, 3.63) is 65.7 Å². The molecule has 0 atom stereocenters. The van der Waals surface area contributed by atoms with Gasteiger partial charge in [0.25, 0.3) is 0 Å². The maximum atomic E-state index is 12.9. The van der Waals surface area contributed by atoms with Crippen LogP contribution in [0, 0.1) is 0 Å². The van der Waals surface area contributed by atoms with E-state index >= 15 is 0 Å². The quantitative estimate of drug-likeness (QED) is 0.825. The van der Waals surface area contributed by atoms with Crippen LogP contribution in [0.15, 0.2) is 59.5 Å². The van der Waals surface area contributed by atoms with Crippen molar-refractivity contribution in [2.45, 2.75) is 36.6 Å². The lowest BCUT2D eigenvalue weighted by molar-refractivity contribution is -0.140. The van der Waals surface area contributed by atoms with E-state index < -0.39 is 21.4 Å². The molecule has 1 aliphatic rings. The second kappa shape index (κ2) is 6.61. The molecule has 2 aromatic rings. The van der Waals surface area contributed by atoms with Gasteiger partial charge in [-0.25, -0.2) is 8.42 Å². The van der Waals surface area contributed by atoms with Gasteiger partial charge in [-0.15, -0.1) is 0 Å². The maximum Gasteiger partial charge on any atom is 0.314 e. The Hall–Kier alpha value is -2.18. The maximum absolute atomic E-state index is 12.9. The summed E-state index contributed by atoms with van der Waals surface area (Å²) < 4.78 is 27.2. The molecule has 0 radical (unpaired) electrons. The van der Waals surface area contributed by atoms with Crippen LogP contribution in [0.2, 0.25) is 0 Å². The van der Waals surface area contributed by atoms with E-state index in [2.05, 4.69) is 0 Å². The van der Waals surface area contributed by atoms with Gasteiger partial charge in [0, 0.05) is 13.1 Å². The van der Waals surface area contributed by atoms with E-state index in [9.17, 15) is 18.3 Å². The predicted octanol–water partition coefficient (Wildman–Crippen LogP) is 3.01. The van der Waals surface area contributed by atoms with Crippen LogP contribution < -0.4 is 0 Å². The van der Waals surface area contributed by atoms with Gasteiger partial charge in [-0.2, -0.15) is 4.31 Å². The molecule has 0 unspecified atom stereocenters. The average Bonchev–Trinajstić information content (AvgIpc) is 3.42. The van der Waals surface area contributed by atoms with Crippen molar-refractivity contribution in [2.75, 3.05) is 6.54 Å². The Morgan fingerprint density at radius 3 is 2.16 bits per heavy atom. The summed E-state index contributed by atoms with van der Waals surface area (Å²) in [7, 11) is -3.63. The number of carbonyl (C=O) groups is 1. The van der Waals surface area contributed by atoms with Gasteiger partial charge in [0.2, 0.25) is 10.0 Å². The summed E-state index contributed by atoms with van der Waals surface area (Å²) in [5.41, 5.74) is 0.772. The fourth-order valence-corrected chi connectivity index (χ4v) is 4.44. The van der Waals surface area contributed by atoms with Gasteiger partial charge in [0.05, 0.1) is 10.3 Å². The molecule has 132 valence electrons. The van der Waals surface area contributed by atoms with Gasteiger partial charge in [-0.3, -0.25) is 4.79 Å². The summed E-state index contributed by atoms with van der Waals surface area (Å²) in [6.45, 7) is 2.47. The average molecular weight is 359 g/mol. The molecule has 1 aliphatic carbocycles. The number of rotatable bonds is 7. The molecule has 0 heterocycles. The standard InChI is InChI=1S/C19H21NO4S/c1-2-20(14-15-6-4-3-5-7-15)25(23,24)17-10-8-16(9-11-17)19(12-13-19)18(21)22/h3-11H,2,12-14H2,1H3,(H,21,22).